The molecule has 1 amide bonds. The second kappa shape index (κ2) is 4.25. The maximum Gasteiger partial charge on any atom is 0.337 e. The van der Waals surface area contributed by atoms with Crippen molar-refractivity contribution in [2.45, 2.75) is 12.8 Å². The van der Waals surface area contributed by atoms with Crippen LogP contribution in [0, 0.1) is 5.92 Å². The maximum atomic E-state index is 11.5. The second-order valence-corrected chi connectivity index (χ2v) is 4.67. The minimum atomic E-state index is -1.05. The Morgan fingerprint density at radius 1 is 1.38 bits per heavy atom. The summed E-state index contributed by atoms with van der Waals surface area (Å²) in [5, 5.41) is 11.6. The average Bonchev–Trinajstić information content (AvgIpc) is 3.03. The van der Waals surface area contributed by atoms with Gasteiger partial charge < -0.3 is 10.4 Å². The predicted octanol–water partition coefficient (Wildman–Crippen LogP) is 2.50. The van der Waals surface area contributed by atoms with Crippen LogP contribution in [0.25, 0.3) is 0 Å². The van der Waals surface area contributed by atoms with Gasteiger partial charge in [-0.05, 0) is 31.0 Å². The molecular formula is C11H10BrNO3. The molecule has 2 rings (SSSR count). The van der Waals surface area contributed by atoms with Crippen molar-refractivity contribution in [2.24, 2.45) is 5.92 Å². The highest BCUT2D eigenvalue weighted by Crippen LogP contribution is 2.31. The van der Waals surface area contributed by atoms with Crippen molar-refractivity contribution in [1.82, 2.24) is 0 Å². The van der Waals surface area contributed by atoms with E-state index >= 15 is 0 Å². The number of carboxylic acids is 1. The summed E-state index contributed by atoms with van der Waals surface area (Å²) in [7, 11) is 0. The van der Waals surface area contributed by atoms with Crippen molar-refractivity contribution in [1.29, 1.82) is 0 Å². The standard InChI is InChI=1S/C11H10BrNO3/c12-7-3-4-9(8(5-7)11(15)16)13-10(14)6-1-2-6/h3-6H,1-2H2,(H,13,14)(H,15,16). The third kappa shape index (κ3) is 2.41. The zero-order valence-corrected chi connectivity index (χ0v) is 9.95. The van der Waals surface area contributed by atoms with E-state index in [1.54, 1.807) is 12.1 Å². The van der Waals surface area contributed by atoms with Crippen molar-refractivity contribution in [2.75, 3.05) is 5.32 Å². The number of hydrogen-bond acceptors (Lipinski definition) is 2. The summed E-state index contributed by atoms with van der Waals surface area (Å²) in [6, 6.07) is 4.77. The molecule has 0 bridgehead atoms. The topological polar surface area (TPSA) is 66.4 Å². The van der Waals surface area contributed by atoms with Crippen molar-refractivity contribution in [3.05, 3.63) is 28.2 Å². The maximum absolute atomic E-state index is 11.5. The minimum Gasteiger partial charge on any atom is -0.478 e. The zero-order chi connectivity index (χ0) is 11.7. The Balaban J connectivity index is 2.24. The molecule has 0 unspecified atom stereocenters. The molecule has 4 nitrogen and oxygen atoms in total. The van der Waals surface area contributed by atoms with E-state index < -0.39 is 5.97 Å². The Bertz CT molecular complexity index is 455. The summed E-state index contributed by atoms with van der Waals surface area (Å²) >= 11 is 3.20. The molecular weight excluding hydrogens is 274 g/mol. The molecule has 16 heavy (non-hydrogen) atoms. The first-order valence-corrected chi connectivity index (χ1v) is 5.71. The van der Waals surface area contributed by atoms with Crippen LogP contribution in [0.3, 0.4) is 0 Å². The number of anilines is 1. The SMILES string of the molecule is O=C(O)c1cc(Br)ccc1NC(=O)C1CC1. The van der Waals surface area contributed by atoms with Crippen LogP contribution in [-0.2, 0) is 4.79 Å². The molecule has 1 fully saturated rings. The summed E-state index contributed by atoms with van der Waals surface area (Å²) in [6.45, 7) is 0. The number of halogens is 1. The molecule has 1 aliphatic rings. The van der Waals surface area contributed by atoms with Crippen LogP contribution < -0.4 is 5.32 Å². The number of carbonyl (C=O) groups is 2. The van der Waals surface area contributed by atoms with Gasteiger partial charge in [-0.25, -0.2) is 4.79 Å². The Morgan fingerprint density at radius 2 is 2.06 bits per heavy atom. The Kier molecular flexibility index (Phi) is 2.96. The van der Waals surface area contributed by atoms with Gasteiger partial charge >= 0.3 is 5.97 Å². The summed E-state index contributed by atoms with van der Waals surface area (Å²) in [6.07, 6.45) is 1.79. The number of nitrogens with one attached hydrogen (secondary N) is 1. The highest BCUT2D eigenvalue weighted by Gasteiger charge is 2.30. The number of aromatic carboxylic acids is 1. The lowest BCUT2D eigenvalue weighted by atomic mass is 10.1. The quantitative estimate of drug-likeness (QED) is 0.896. The van der Waals surface area contributed by atoms with Crippen LogP contribution in [0.15, 0.2) is 22.7 Å². The van der Waals surface area contributed by atoms with Gasteiger partial charge in [-0.1, -0.05) is 15.9 Å². The molecule has 5 heteroatoms. The van der Waals surface area contributed by atoms with E-state index in [1.807, 2.05) is 0 Å². The Hall–Kier alpha value is -1.36. The molecule has 0 saturated heterocycles. The van der Waals surface area contributed by atoms with E-state index in [9.17, 15) is 9.59 Å². The van der Waals surface area contributed by atoms with Gasteiger partial charge in [0, 0.05) is 10.4 Å². The predicted molar refractivity (Wildman–Crippen MR) is 62.5 cm³/mol. The van der Waals surface area contributed by atoms with Crippen molar-refractivity contribution in [3.63, 3.8) is 0 Å². The molecule has 0 spiro atoms. The molecule has 1 aromatic carbocycles. The normalized spacial score (nSPS) is 14.6. The van der Waals surface area contributed by atoms with E-state index in [2.05, 4.69) is 21.2 Å². The molecule has 84 valence electrons. The smallest absolute Gasteiger partial charge is 0.337 e. The first-order valence-electron chi connectivity index (χ1n) is 4.91. The monoisotopic (exact) mass is 283 g/mol. The molecule has 0 aromatic heterocycles. The van der Waals surface area contributed by atoms with Gasteiger partial charge in [0.15, 0.2) is 0 Å². The highest BCUT2D eigenvalue weighted by molar-refractivity contribution is 9.10. The fraction of sp³-hybridized carbons (Fsp3) is 0.273. The fourth-order valence-corrected chi connectivity index (χ4v) is 1.74. The zero-order valence-electron chi connectivity index (χ0n) is 8.37. The van der Waals surface area contributed by atoms with Crippen LogP contribution in [-0.4, -0.2) is 17.0 Å². The van der Waals surface area contributed by atoms with E-state index in [0.29, 0.717) is 10.2 Å². The molecule has 1 saturated carbocycles. The summed E-state index contributed by atoms with van der Waals surface area (Å²) in [5.41, 5.74) is 0.455. The first-order chi connectivity index (χ1) is 7.58. The molecule has 1 aromatic rings. The number of carbonyl (C=O) groups excluding carboxylic acids is 1. The van der Waals surface area contributed by atoms with Gasteiger partial charge in [0.1, 0.15) is 0 Å². The molecule has 0 aliphatic heterocycles. The molecule has 1 aliphatic carbocycles. The molecule has 0 radical (unpaired) electrons. The third-order valence-corrected chi connectivity index (χ3v) is 2.91. The fourth-order valence-electron chi connectivity index (χ4n) is 1.38. The number of amides is 1. The van der Waals surface area contributed by atoms with E-state index in [-0.39, 0.29) is 17.4 Å². The van der Waals surface area contributed by atoms with Crippen molar-refractivity contribution >= 4 is 33.5 Å². The minimum absolute atomic E-state index is 0.0605. The van der Waals surface area contributed by atoms with Gasteiger partial charge in [-0.2, -0.15) is 0 Å². The van der Waals surface area contributed by atoms with Gasteiger partial charge in [0.05, 0.1) is 11.3 Å². The number of rotatable bonds is 3. The van der Waals surface area contributed by atoms with E-state index in [4.69, 9.17) is 5.11 Å². The largest absolute Gasteiger partial charge is 0.478 e. The molecule has 0 atom stereocenters. The molecule has 0 heterocycles. The Morgan fingerprint density at radius 3 is 2.62 bits per heavy atom. The third-order valence-electron chi connectivity index (χ3n) is 2.42. The average molecular weight is 284 g/mol. The first kappa shape index (κ1) is 11.1. The number of benzene rings is 1. The number of hydrogen-bond donors (Lipinski definition) is 2. The summed E-state index contributed by atoms with van der Waals surface area (Å²) < 4.78 is 0.675. The van der Waals surface area contributed by atoms with Crippen LogP contribution in [0.1, 0.15) is 23.2 Å². The van der Waals surface area contributed by atoms with E-state index in [0.717, 1.165) is 12.8 Å². The summed E-state index contributed by atoms with van der Waals surface area (Å²) in [4.78, 5) is 22.5. The summed E-state index contributed by atoms with van der Waals surface area (Å²) in [5.74, 6) is -1.08. The second-order valence-electron chi connectivity index (χ2n) is 3.76. The molecule has 2 N–H and O–H groups in total. The number of carboxylic acid groups (broad SMARTS) is 1. The van der Waals surface area contributed by atoms with Crippen molar-refractivity contribution in [3.8, 4) is 0 Å². The lowest BCUT2D eigenvalue weighted by Crippen LogP contribution is -2.16. The van der Waals surface area contributed by atoms with Crippen LogP contribution in [0.4, 0.5) is 5.69 Å². The van der Waals surface area contributed by atoms with Crippen LogP contribution in [0.5, 0.6) is 0 Å². The van der Waals surface area contributed by atoms with Gasteiger partial charge in [-0.15, -0.1) is 0 Å². The van der Waals surface area contributed by atoms with Crippen molar-refractivity contribution < 1.29 is 14.7 Å². The lowest BCUT2D eigenvalue weighted by molar-refractivity contribution is -0.117. The Labute approximate surface area is 101 Å². The van der Waals surface area contributed by atoms with Gasteiger partial charge in [0.25, 0.3) is 0 Å². The van der Waals surface area contributed by atoms with Crippen LogP contribution in [0.2, 0.25) is 0 Å². The lowest BCUT2D eigenvalue weighted by Gasteiger charge is -2.08. The van der Waals surface area contributed by atoms with Gasteiger partial charge in [0.2, 0.25) is 5.91 Å². The van der Waals surface area contributed by atoms with E-state index in [1.165, 1.54) is 6.07 Å². The van der Waals surface area contributed by atoms with Crippen LogP contribution >= 0.6 is 15.9 Å². The van der Waals surface area contributed by atoms with Gasteiger partial charge in [-0.3, -0.25) is 4.79 Å². The highest BCUT2D eigenvalue weighted by atomic mass is 79.9.